The zero-order valence-electron chi connectivity index (χ0n) is 33.5. The molecule has 0 saturated carbocycles. The number of rotatable bonds is 6. The zero-order chi connectivity index (χ0) is 40.7. The first-order valence-electron chi connectivity index (χ1n) is 20.8. The molecule has 8 aromatic carbocycles. The second-order valence-corrected chi connectivity index (χ2v) is 15.6. The number of hydrogen-bond acceptors (Lipinski definition) is 4. The maximum Gasteiger partial charge on any atom is 0.420 e. The molecule has 300 valence electrons. The summed E-state index contributed by atoms with van der Waals surface area (Å²) in [4.78, 5) is 9.62. The van der Waals surface area contributed by atoms with Gasteiger partial charge in [-0.2, -0.15) is 18.2 Å². The van der Waals surface area contributed by atoms with Crippen molar-refractivity contribution >= 4 is 68.2 Å². The SMILES string of the molecule is [Pt].[c-]1c(Oc2[c-]c(-n3[c-][n+](-c4cccc5c6ccccc6n(-c6ccccc6)c45)c4ccccc43)ccc2)cccc1N1B2c3ccccc3-c3ccccc3N2c2cccnc21. The Balaban J connectivity index is 0.00000421. The molecule has 3 aromatic heterocycles. The normalized spacial score (nSPS) is 12.5. The van der Waals surface area contributed by atoms with Gasteiger partial charge in [0.05, 0.1) is 33.4 Å². The Labute approximate surface area is 378 Å². The molecule has 9 heteroatoms. The van der Waals surface area contributed by atoms with Gasteiger partial charge in [-0.15, -0.1) is 30.3 Å². The average molecular weight is 988 g/mol. The number of fused-ring (bicyclic) bond motifs is 12. The van der Waals surface area contributed by atoms with E-state index in [2.05, 4.69) is 200 Å². The van der Waals surface area contributed by atoms with Crippen LogP contribution in [-0.2, 0) is 21.1 Å². The minimum Gasteiger partial charge on any atom is -0.510 e. The van der Waals surface area contributed by atoms with E-state index in [0.717, 1.165) is 62.0 Å². The van der Waals surface area contributed by atoms with E-state index >= 15 is 0 Å². The van der Waals surface area contributed by atoms with Gasteiger partial charge >= 0.3 is 6.98 Å². The van der Waals surface area contributed by atoms with Crippen LogP contribution in [0.2, 0.25) is 0 Å². The number of ether oxygens (including phenoxy) is 1. The van der Waals surface area contributed by atoms with Crippen LogP contribution in [0.3, 0.4) is 0 Å². The molecule has 11 aromatic rings. The van der Waals surface area contributed by atoms with Gasteiger partial charge in [0.1, 0.15) is 5.82 Å². The third-order valence-corrected chi connectivity index (χ3v) is 12.2. The molecular formula is C54H33BN6OPt-2. The Morgan fingerprint density at radius 3 is 2.06 bits per heavy atom. The Kier molecular flexibility index (Phi) is 8.70. The van der Waals surface area contributed by atoms with Crippen LogP contribution in [0.5, 0.6) is 11.5 Å². The van der Waals surface area contributed by atoms with Gasteiger partial charge in [-0.25, -0.2) is 4.98 Å². The van der Waals surface area contributed by atoms with E-state index in [1.165, 1.54) is 27.4 Å². The second kappa shape index (κ2) is 14.8. The molecule has 0 N–H and O–H groups in total. The third kappa shape index (κ3) is 5.72. The number of anilines is 4. The Hall–Kier alpha value is -7.67. The Morgan fingerprint density at radius 2 is 1.19 bits per heavy atom. The fraction of sp³-hybridized carbons (Fsp3) is 0. The van der Waals surface area contributed by atoms with Crippen molar-refractivity contribution in [1.82, 2.24) is 14.1 Å². The largest absolute Gasteiger partial charge is 0.510 e. The average Bonchev–Trinajstić information content (AvgIpc) is 4.01. The molecule has 0 bridgehead atoms. The van der Waals surface area contributed by atoms with Gasteiger partial charge in [-0.1, -0.05) is 121 Å². The minimum absolute atomic E-state index is 0. The molecule has 0 fully saturated rings. The topological polar surface area (TPSA) is 42.3 Å². The van der Waals surface area contributed by atoms with Crippen LogP contribution in [0.25, 0.3) is 61.0 Å². The van der Waals surface area contributed by atoms with Gasteiger partial charge in [0.25, 0.3) is 6.33 Å². The summed E-state index contributed by atoms with van der Waals surface area (Å²) in [6, 6.07) is 74.8. The van der Waals surface area contributed by atoms with Gasteiger partial charge in [0, 0.05) is 66.5 Å². The van der Waals surface area contributed by atoms with Crippen molar-refractivity contribution in [2.24, 2.45) is 0 Å². The number of imidazole rings is 1. The van der Waals surface area contributed by atoms with E-state index in [1.54, 1.807) is 0 Å². The number of hydrogen-bond donors (Lipinski definition) is 0. The maximum atomic E-state index is 6.64. The van der Waals surface area contributed by atoms with Crippen LogP contribution in [0.1, 0.15) is 0 Å². The molecule has 0 amide bonds. The van der Waals surface area contributed by atoms with Crippen molar-refractivity contribution in [2.75, 3.05) is 9.62 Å². The fourth-order valence-corrected chi connectivity index (χ4v) is 9.61. The standard InChI is InChI=1S/C54H33BN6O.Pt/c1-2-16-37(17-3-1)59-47-27-8-5-24-44(47)45-25-14-31-51(53(45)59)58-36-57(49-29-10-11-30-50(49)58)38-18-12-20-40(34-38)62-41-21-13-19-39(35-41)60-54-52(32-15-33-56-54)61-48-28-9-6-23-43(48)42-22-4-7-26-46(42)55(60)61;/h1-33H;/q-2;. The van der Waals surface area contributed by atoms with Gasteiger partial charge < -0.3 is 23.5 Å². The maximum absolute atomic E-state index is 6.64. The van der Waals surface area contributed by atoms with E-state index < -0.39 is 0 Å². The summed E-state index contributed by atoms with van der Waals surface area (Å²) < 4.78 is 13.2. The second-order valence-electron chi connectivity index (χ2n) is 15.6. The molecule has 0 saturated heterocycles. The molecular weight excluding hydrogens is 955 g/mol. The summed E-state index contributed by atoms with van der Waals surface area (Å²) in [5, 5.41) is 2.38. The van der Waals surface area contributed by atoms with Crippen LogP contribution in [0.4, 0.5) is 22.9 Å². The number of para-hydroxylation sites is 6. The molecule has 0 unspecified atom stereocenters. The van der Waals surface area contributed by atoms with Gasteiger partial charge in [-0.3, -0.25) is 4.57 Å². The Bertz CT molecular complexity index is 3570. The fourth-order valence-electron chi connectivity index (χ4n) is 9.61. The first-order chi connectivity index (χ1) is 30.8. The molecule has 13 rings (SSSR count). The molecule has 63 heavy (non-hydrogen) atoms. The van der Waals surface area contributed by atoms with E-state index in [0.29, 0.717) is 11.5 Å². The quantitative estimate of drug-likeness (QED) is 0.0946. The van der Waals surface area contributed by atoms with Crippen LogP contribution in [0.15, 0.2) is 200 Å². The molecule has 0 aliphatic carbocycles. The van der Waals surface area contributed by atoms with Crippen molar-refractivity contribution < 1.29 is 30.4 Å². The van der Waals surface area contributed by atoms with Crippen molar-refractivity contribution in [3.63, 3.8) is 0 Å². The van der Waals surface area contributed by atoms with Gasteiger partial charge in [0.15, 0.2) is 0 Å². The summed E-state index contributed by atoms with van der Waals surface area (Å²) in [6.45, 7) is -0.156. The summed E-state index contributed by atoms with van der Waals surface area (Å²) in [5.74, 6) is 2.01. The molecule has 2 aliphatic heterocycles. The van der Waals surface area contributed by atoms with Crippen LogP contribution < -0.4 is 24.4 Å². The predicted molar refractivity (Wildman–Crippen MR) is 248 cm³/mol. The van der Waals surface area contributed by atoms with Crippen molar-refractivity contribution in [3.8, 4) is 39.7 Å². The molecule has 5 heterocycles. The van der Waals surface area contributed by atoms with Crippen molar-refractivity contribution in [3.05, 3.63) is 219 Å². The van der Waals surface area contributed by atoms with E-state index in [4.69, 9.17) is 9.72 Å². The van der Waals surface area contributed by atoms with Crippen LogP contribution in [-0.4, -0.2) is 21.1 Å². The van der Waals surface area contributed by atoms with Crippen LogP contribution in [0, 0.1) is 18.5 Å². The molecule has 0 atom stereocenters. The van der Waals surface area contributed by atoms with E-state index in [9.17, 15) is 0 Å². The summed E-state index contributed by atoms with van der Waals surface area (Å²) in [6.07, 6.45) is 5.59. The van der Waals surface area contributed by atoms with Crippen LogP contribution >= 0.6 is 0 Å². The number of aromatic nitrogens is 4. The van der Waals surface area contributed by atoms with E-state index in [-0.39, 0.29) is 28.0 Å². The molecule has 0 spiro atoms. The number of nitrogens with zero attached hydrogens (tertiary/aromatic N) is 6. The number of pyridine rings is 1. The van der Waals surface area contributed by atoms with Gasteiger partial charge in [0.2, 0.25) is 0 Å². The zero-order valence-corrected chi connectivity index (χ0v) is 35.8. The van der Waals surface area contributed by atoms with Crippen molar-refractivity contribution in [2.45, 2.75) is 0 Å². The Morgan fingerprint density at radius 1 is 0.524 bits per heavy atom. The first-order valence-corrected chi connectivity index (χ1v) is 20.8. The molecule has 0 radical (unpaired) electrons. The minimum atomic E-state index is -0.156. The summed E-state index contributed by atoms with van der Waals surface area (Å²) in [7, 11) is 0. The molecule has 2 aliphatic rings. The summed E-state index contributed by atoms with van der Waals surface area (Å²) in [5.41, 5.74) is 13.9. The summed E-state index contributed by atoms with van der Waals surface area (Å²) >= 11 is 0. The third-order valence-electron chi connectivity index (χ3n) is 12.2. The smallest absolute Gasteiger partial charge is 0.420 e. The predicted octanol–water partition coefficient (Wildman–Crippen LogP) is 11.3. The first kappa shape index (κ1) is 37.1. The van der Waals surface area contributed by atoms with E-state index in [1.807, 2.05) is 42.6 Å². The van der Waals surface area contributed by atoms with Crippen molar-refractivity contribution in [1.29, 1.82) is 0 Å². The molecule has 7 nitrogen and oxygen atoms in total. The monoisotopic (exact) mass is 987 g/mol. The number of benzene rings is 8. The van der Waals surface area contributed by atoms with Gasteiger partial charge in [-0.05, 0) is 59.2 Å².